The van der Waals surface area contributed by atoms with Crippen molar-refractivity contribution in [2.24, 2.45) is 0 Å². The second-order valence-corrected chi connectivity index (χ2v) is 3.68. The fourth-order valence-corrected chi connectivity index (χ4v) is 1.66. The molecule has 0 saturated heterocycles. The maximum absolute atomic E-state index is 10.4. The lowest BCUT2D eigenvalue weighted by atomic mass is 10.0. The Morgan fingerprint density at radius 1 is 1.82 bits per heavy atom. The molecule has 1 rings (SSSR count). The molecule has 0 heterocycles. The molecule has 0 aliphatic heterocycles. The molecule has 0 bridgehead atoms. The van der Waals surface area contributed by atoms with Crippen LogP contribution in [0.2, 0.25) is 0 Å². The molecule has 1 aliphatic carbocycles. The van der Waals surface area contributed by atoms with Crippen molar-refractivity contribution in [1.82, 2.24) is 0 Å². The monoisotopic (exact) mass is 217 g/mol. The van der Waals surface area contributed by atoms with E-state index in [1.54, 1.807) is 19.1 Å². The molecule has 3 nitrogen and oxygen atoms in total. The summed E-state index contributed by atoms with van der Waals surface area (Å²) in [7, 11) is 0. The largest absolute Gasteiger partial charge is 0.268 e. The number of rotatable bonds is 1. The van der Waals surface area contributed by atoms with Gasteiger partial charge in [0, 0.05) is 16.5 Å². The van der Waals surface area contributed by atoms with E-state index in [0.717, 1.165) is 12.0 Å². The standard InChI is InChI=1S/C7H8BrNO2/c1-5-4-6(8)2-3-7(5)9(10)11/h2-3,6H,4H2,1H3. The topological polar surface area (TPSA) is 43.1 Å². The normalized spacial score (nSPS) is 24.0. The third kappa shape index (κ3) is 1.89. The van der Waals surface area contributed by atoms with Gasteiger partial charge in [0.2, 0.25) is 0 Å². The molecule has 1 aliphatic rings. The maximum Gasteiger partial charge on any atom is 0.268 e. The summed E-state index contributed by atoms with van der Waals surface area (Å²) in [6.45, 7) is 1.79. The molecule has 11 heavy (non-hydrogen) atoms. The predicted molar refractivity (Wildman–Crippen MR) is 46.2 cm³/mol. The van der Waals surface area contributed by atoms with Gasteiger partial charge in [0.15, 0.2) is 0 Å². The summed E-state index contributed by atoms with van der Waals surface area (Å²) in [5.74, 6) is 0. The van der Waals surface area contributed by atoms with Crippen molar-refractivity contribution in [1.29, 1.82) is 0 Å². The van der Waals surface area contributed by atoms with E-state index in [2.05, 4.69) is 15.9 Å². The summed E-state index contributed by atoms with van der Waals surface area (Å²) in [5, 5.41) is 10.4. The Balaban J connectivity index is 2.88. The molecular weight excluding hydrogens is 210 g/mol. The molecule has 0 radical (unpaired) electrons. The highest BCUT2D eigenvalue weighted by Crippen LogP contribution is 2.23. The average molecular weight is 218 g/mol. The van der Waals surface area contributed by atoms with E-state index >= 15 is 0 Å². The van der Waals surface area contributed by atoms with Crippen LogP contribution in [0.15, 0.2) is 23.4 Å². The number of nitro groups is 1. The number of hydrogen-bond acceptors (Lipinski definition) is 2. The Bertz CT molecular complexity index is 245. The zero-order valence-corrected chi connectivity index (χ0v) is 7.67. The molecule has 0 aromatic heterocycles. The molecule has 4 heteroatoms. The van der Waals surface area contributed by atoms with Crippen LogP contribution in [0, 0.1) is 10.1 Å². The van der Waals surface area contributed by atoms with Crippen LogP contribution in [0.4, 0.5) is 0 Å². The maximum atomic E-state index is 10.4. The highest BCUT2D eigenvalue weighted by molar-refractivity contribution is 9.09. The first kappa shape index (κ1) is 8.46. The van der Waals surface area contributed by atoms with Crippen molar-refractivity contribution in [2.75, 3.05) is 0 Å². The van der Waals surface area contributed by atoms with Crippen LogP contribution in [0.1, 0.15) is 13.3 Å². The van der Waals surface area contributed by atoms with Crippen LogP contribution in [-0.4, -0.2) is 9.75 Å². The fraction of sp³-hybridized carbons (Fsp3) is 0.429. The molecule has 0 saturated carbocycles. The van der Waals surface area contributed by atoms with Crippen molar-refractivity contribution in [2.45, 2.75) is 18.2 Å². The minimum atomic E-state index is -0.343. The van der Waals surface area contributed by atoms with Crippen molar-refractivity contribution >= 4 is 15.9 Å². The SMILES string of the molecule is CC1=C([N+](=O)[O-])C=CC(Br)C1. The van der Waals surface area contributed by atoms with E-state index in [-0.39, 0.29) is 15.4 Å². The van der Waals surface area contributed by atoms with Gasteiger partial charge in [-0.25, -0.2) is 0 Å². The number of halogens is 1. The molecule has 1 atom stereocenters. The summed E-state index contributed by atoms with van der Waals surface area (Å²) < 4.78 is 0. The van der Waals surface area contributed by atoms with Crippen LogP contribution in [0.25, 0.3) is 0 Å². The Morgan fingerprint density at radius 2 is 2.45 bits per heavy atom. The summed E-state index contributed by atoms with van der Waals surface area (Å²) in [5.41, 5.74) is 1.07. The molecule has 60 valence electrons. The third-order valence-corrected chi connectivity index (χ3v) is 2.23. The lowest BCUT2D eigenvalue weighted by Crippen LogP contribution is -2.07. The van der Waals surface area contributed by atoms with Gasteiger partial charge < -0.3 is 0 Å². The predicted octanol–water partition coefficient (Wildman–Crippen LogP) is 2.26. The van der Waals surface area contributed by atoms with Crippen LogP contribution in [0.3, 0.4) is 0 Å². The number of nitrogens with zero attached hydrogens (tertiary/aromatic N) is 1. The number of alkyl halides is 1. The Morgan fingerprint density at radius 3 is 2.91 bits per heavy atom. The van der Waals surface area contributed by atoms with Crippen LogP contribution < -0.4 is 0 Å². The molecule has 1 unspecified atom stereocenters. The molecule has 0 N–H and O–H groups in total. The minimum absolute atomic E-state index is 0.237. The average Bonchev–Trinajstić information content (AvgIpc) is 1.85. The van der Waals surface area contributed by atoms with E-state index in [0.29, 0.717) is 0 Å². The van der Waals surface area contributed by atoms with Crippen LogP contribution in [0.5, 0.6) is 0 Å². The van der Waals surface area contributed by atoms with Crippen LogP contribution >= 0.6 is 15.9 Å². The second-order valence-electron chi connectivity index (χ2n) is 2.50. The molecule has 0 aromatic rings. The van der Waals surface area contributed by atoms with Gasteiger partial charge in [0.05, 0.1) is 4.92 Å². The van der Waals surface area contributed by atoms with Crippen LogP contribution in [-0.2, 0) is 0 Å². The zero-order chi connectivity index (χ0) is 8.43. The highest BCUT2D eigenvalue weighted by Gasteiger charge is 2.18. The summed E-state index contributed by atoms with van der Waals surface area (Å²) in [6.07, 6.45) is 4.08. The number of hydrogen-bond donors (Lipinski definition) is 0. The van der Waals surface area contributed by atoms with Crippen molar-refractivity contribution in [3.8, 4) is 0 Å². The first-order chi connectivity index (χ1) is 5.11. The first-order valence-corrected chi connectivity index (χ1v) is 4.19. The fourth-order valence-electron chi connectivity index (χ4n) is 1.02. The summed E-state index contributed by atoms with van der Waals surface area (Å²) in [4.78, 5) is 10.3. The van der Waals surface area contributed by atoms with Gasteiger partial charge in [-0.3, -0.25) is 10.1 Å². The molecular formula is C7H8BrNO2. The summed E-state index contributed by atoms with van der Waals surface area (Å²) >= 11 is 3.36. The molecule has 0 aromatic carbocycles. The molecule has 0 spiro atoms. The lowest BCUT2D eigenvalue weighted by molar-refractivity contribution is -0.420. The highest BCUT2D eigenvalue weighted by atomic mass is 79.9. The first-order valence-electron chi connectivity index (χ1n) is 3.27. The smallest absolute Gasteiger partial charge is 0.258 e. The summed E-state index contributed by atoms with van der Waals surface area (Å²) in [6, 6.07) is 0. The van der Waals surface area contributed by atoms with Crippen molar-refractivity contribution in [3.63, 3.8) is 0 Å². The van der Waals surface area contributed by atoms with Gasteiger partial charge in [0.1, 0.15) is 0 Å². The Hall–Kier alpha value is -0.640. The van der Waals surface area contributed by atoms with E-state index in [1.807, 2.05) is 0 Å². The molecule has 0 amide bonds. The third-order valence-electron chi connectivity index (χ3n) is 1.60. The molecule has 0 fully saturated rings. The van der Waals surface area contributed by atoms with Gasteiger partial charge in [-0.1, -0.05) is 22.0 Å². The van der Waals surface area contributed by atoms with Crippen molar-refractivity contribution in [3.05, 3.63) is 33.5 Å². The van der Waals surface area contributed by atoms with E-state index < -0.39 is 0 Å². The second kappa shape index (κ2) is 3.17. The Kier molecular flexibility index (Phi) is 2.44. The van der Waals surface area contributed by atoms with Gasteiger partial charge in [0.25, 0.3) is 5.70 Å². The lowest BCUT2D eigenvalue weighted by Gasteiger charge is -2.09. The quantitative estimate of drug-likeness (QED) is 0.385. The van der Waals surface area contributed by atoms with E-state index in [1.165, 1.54) is 0 Å². The minimum Gasteiger partial charge on any atom is -0.258 e. The van der Waals surface area contributed by atoms with E-state index in [4.69, 9.17) is 0 Å². The van der Waals surface area contributed by atoms with Gasteiger partial charge in [-0.05, 0) is 13.3 Å². The zero-order valence-electron chi connectivity index (χ0n) is 6.08. The van der Waals surface area contributed by atoms with Gasteiger partial charge >= 0.3 is 0 Å². The number of allylic oxidation sites excluding steroid dienone is 3. The Labute approximate surface area is 73.1 Å². The van der Waals surface area contributed by atoms with Gasteiger partial charge in [-0.15, -0.1) is 0 Å². The van der Waals surface area contributed by atoms with Gasteiger partial charge in [-0.2, -0.15) is 0 Å². The van der Waals surface area contributed by atoms with Crippen molar-refractivity contribution < 1.29 is 4.92 Å². The van der Waals surface area contributed by atoms with E-state index in [9.17, 15) is 10.1 Å².